The maximum Gasteiger partial charge on any atom is 0.165 e. The molecule has 20 rings (SSSR count). The molecule has 0 bridgehead atoms. The monoisotopic (exact) mass is 1340 g/mol. The van der Waals surface area contributed by atoms with Gasteiger partial charge in [0.05, 0.1) is 67.4 Å². The highest BCUT2D eigenvalue weighted by Gasteiger charge is 2.25. The molecule has 0 radical (unpaired) electrons. The average molecular weight is 1350 g/mol. The van der Waals surface area contributed by atoms with Gasteiger partial charge in [-0.3, -0.25) is 0 Å². The number of aromatic nitrogens is 10. The van der Waals surface area contributed by atoms with Gasteiger partial charge in [0.2, 0.25) is 0 Å². The second-order valence-electron chi connectivity index (χ2n) is 25.6. The minimum absolute atomic E-state index is 0. The minimum Gasteiger partial charge on any atom is -0.309 e. The van der Waals surface area contributed by atoms with E-state index in [2.05, 4.69) is 218 Å². The number of para-hydroxylation sites is 6. The maximum absolute atomic E-state index is 10.7. The molecule has 12 nitrogen and oxygen atoms in total. The van der Waals surface area contributed by atoms with Crippen molar-refractivity contribution in [1.29, 1.82) is 10.5 Å². The Kier molecular flexibility index (Phi) is 15.5. The Morgan fingerprint density at radius 1 is 0.210 bits per heavy atom. The molecule has 0 fully saturated rings. The molecule has 105 heavy (non-hydrogen) atoms. The predicted octanol–water partition coefficient (Wildman–Crippen LogP) is 22.5. The zero-order valence-corrected chi connectivity index (χ0v) is 55.7. The smallest absolute Gasteiger partial charge is 0.165 e. The van der Waals surface area contributed by atoms with Gasteiger partial charge in [0, 0.05) is 99.2 Å². The Morgan fingerprint density at radius 3 is 0.838 bits per heavy atom. The van der Waals surface area contributed by atoms with Gasteiger partial charge >= 0.3 is 0 Å². The summed E-state index contributed by atoms with van der Waals surface area (Å²) in [6.45, 7) is 0. The lowest BCUT2D eigenvalue weighted by molar-refractivity contribution is 1.07. The molecule has 0 N–H and O–H groups in total. The van der Waals surface area contributed by atoms with E-state index < -0.39 is 0 Å². The Balaban J connectivity index is 0.000000148. The van der Waals surface area contributed by atoms with Crippen LogP contribution in [0.4, 0.5) is 0 Å². The summed E-state index contributed by atoms with van der Waals surface area (Å²) in [4.78, 5) is 29.3. The summed E-state index contributed by atoms with van der Waals surface area (Å²) in [7, 11) is 0. The zero-order valence-electron chi connectivity index (χ0n) is 55.7. The summed E-state index contributed by atoms with van der Waals surface area (Å²) < 4.78 is 9.22. The van der Waals surface area contributed by atoms with Gasteiger partial charge in [-0.2, -0.15) is 10.5 Å². The molecule has 6 aromatic heterocycles. The largest absolute Gasteiger partial charge is 0.309 e. The number of rotatable bonds is 10. The molecular weight excluding hydrogens is 1290 g/mol. The van der Waals surface area contributed by atoms with Crippen LogP contribution < -0.4 is 0 Å². The van der Waals surface area contributed by atoms with Crippen LogP contribution in [0.15, 0.2) is 340 Å². The predicted molar refractivity (Wildman–Crippen MR) is 426 cm³/mol. The van der Waals surface area contributed by atoms with E-state index in [1.54, 1.807) is 0 Å². The second kappa shape index (κ2) is 26.1. The summed E-state index contributed by atoms with van der Waals surface area (Å²) in [6, 6.07) is 121. The molecule has 0 amide bonds. The Morgan fingerprint density at radius 2 is 0.486 bits per heavy atom. The van der Waals surface area contributed by atoms with Gasteiger partial charge < -0.3 is 18.3 Å². The fraction of sp³-hybridized carbons (Fsp3) is 0.0108. The van der Waals surface area contributed by atoms with E-state index in [1.807, 2.05) is 152 Å². The van der Waals surface area contributed by atoms with Crippen LogP contribution in [0.1, 0.15) is 18.6 Å². The third-order valence-electron chi connectivity index (χ3n) is 19.6. The first-order valence-electron chi connectivity index (χ1n) is 34.4. The molecule has 0 aliphatic heterocycles. The van der Waals surface area contributed by atoms with Crippen LogP contribution in [0, 0.1) is 22.7 Å². The fourth-order valence-corrected chi connectivity index (χ4v) is 15.0. The van der Waals surface area contributed by atoms with Crippen molar-refractivity contribution in [2.45, 2.75) is 7.43 Å². The second-order valence-corrected chi connectivity index (χ2v) is 25.6. The SMILES string of the molecule is C.N#Cc1cc(-n2c3ccccc3c3c4c5ccccc5n(-c5ccccc5)c4ccc32)ccc1-c1nc(-c2ccccc2)nc(-c2ccccc2)n1.N#Cc1cc(-n2c3ccccc3c3cc4c5ccccc5n(-c5ccccc5)c4cc32)ccc1-c1nc(-c2ccccc2)nc(-c2ccccc2)n1. The molecule has 20 aromatic rings. The van der Waals surface area contributed by atoms with E-state index in [0.29, 0.717) is 57.2 Å². The van der Waals surface area contributed by atoms with Gasteiger partial charge in [0.25, 0.3) is 0 Å². The highest BCUT2D eigenvalue weighted by atomic mass is 15.1. The first-order valence-corrected chi connectivity index (χ1v) is 34.4. The third-order valence-corrected chi connectivity index (χ3v) is 19.6. The molecule has 0 spiro atoms. The molecular formula is C93H60N12. The highest BCUT2D eigenvalue weighted by molar-refractivity contribution is 6.29. The standard InChI is InChI=1S/2C46H28N6.CH4/c47-29-32-26-34(24-25-35(32)46-49-44(30-14-4-1-5-15-30)48-45(50-46)31-16-6-2-7-17-31)52-41-23-13-11-21-37(41)39-27-38-36-20-10-12-22-40(36)51(42(38)28-43(39)52)33-18-8-3-9-19-33;47-29-32-28-34(24-25-35(32)46-49-44(30-14-4-1-5-15-30)48-45(50-46)31-16-6-2-7-17-31)52-39-23-13-11-21-37(39)43-41(52)27-26-40-42(43)36-20-10-12-22-38(36)51(40)33-18-8-3-9-19-33;/h2*1-28H;1H4. The Labute approximate surface area is 603 Å². The first-order chi connectivity index (χ1) is 51.5. The topological polar surface area (TPSA) is 145 Å². The molecule has 12 heteroatoms. The maximum atomic E-state index is 10.7. The van der Waals surface area contributed by atoms with Crippen LogP contribution in [0.3, 0.4) is 0 Å². The first kappa shape index (κ1) is 62.5. The van der Waals surface area contributed by atoms with Crippen molar-refractivity contribution in [3.8, 4) is 103 Å². The van der Waals surface area contributed by atoms with Crippen LogP contribution in [-0.4, -0.2) is 48.2 Å². The fourth-order valence-electron chi connectivity index (χ4n) is 15.0. The van der Waals surface area contributed by atoms with E-state index in [-0.39, 0.29) is 7.43 Å². The van der Waals surface area contributed by atoms with Crippen molar-refractivity contribution in [2.75, 3.05) is 0 Å². The molecule has 0 atom stereocenters. The minimum atomic E-state index is 0. The molecule has 0 aliphatic carbocycles. The van der Waals surface area contributed by atoms with Crippen LogP contribution in [0.25, 0.3) is 178 Å². The molecule has 0 saturated carbocycles. The summed E-state index contributed by atoms with van der Waals surface area (Å²) in [5.74, 6) is 3.12. The van der Waals surface area contributed by atoms with E-state index in [0.717, 1.165) is 105 Å². The molecule has 14 aromatic carbocycles. The molecule has 0 aliphatic rings. The lowest BCUT2D eigenvalue weighted by atomic mass is 10.1. The molecule has 6 heterocycles. The van der Waals surface area contributed by atoms with Crippen molar-refractivity contribution >= 4 is 87.2 Å². The van der Waals surface area contributed by atoms with Crippen LogP contribution in [0.5, 0.6) is 0 Å². The van der Waals surface area contributed by atoms with Crippen molar-refractivity contribution in [3.63, 3.8) is 0 Å². The van der Waals surface area contributed by atoms with Crippen LogP contribution >= 0.6 is 0 Å². The van der Waals surface area contributed by atoms with Crippen LogP contribution in [0.2, 0.25) is 0 Å². The molecule has 492 valence electrons. The lowest BCUT2D eigenvalue weighted by Crippen LogP contribution is -2.02. The van der Waals surface area contributed by atoms with Gasteiger partial charge in [0.15, 0.2) is 34.9 Å². The van der Waals surface area contributed by atoms with Gasteiger partial charge in [-0.15, -0.1) is 0 Å². The van der Waals surface area contributed by atoms with E-state index in [1.165, 1.54) is 26.9 Å². The Hall–Kier alpha value is -14.7. The molecule has 0 unspecified atom stereocenters. The van der Waals surface area contributed by atoms with E-state index in [4.69, 9.17) is 29.9 Å². The van der Waals surface area contributed by atoms with E-state index in [9.17, 15) is 10.5 Å². The quantitative estimate of drug-likeness (QED) is 0.132. The summed E-state index contributed by atoms with van der Waals surface area (Å²) in [6.07, 6.45) is 0. The van der Waals surface area contributed by atoms with Crippen molar-refractivity contribution < 1.29 is 0 Å². The van der Waals surface area contributed by atoms with Crippen LogP contribution in [-0.2, 0) is 0 Å². The van der Waals surface area contributed by atoms with Gasteiger partial charge in [-0.1, -0.05) is 238 Å². The van der Waals surface area contributed by atoms with Gasteiger partial charge in [-0.25, -0.2) is 29.9 Å². The summed E-state index contributed by atoms with van der Waals surface area (Å²) in [5.41, 5.74) is 18.6. The molecule has 0 saturated heterocycles. The average Bonchev–Trinajstić information content (AvgIpc) is 1.55. The summed E-state index contributed by atoms with van der Waals surface area (Å²) in [5, 5.41) is 30.7. The highest BCUT2D eigenvalue weighted by Crippen LogP contribution is 2.45. The third kappa shape index (κ3) is 10.7. The number of benzene rings is 14. The van der Waals surface area contributed by atoms with Gasteiger partial charge in [-0.05, 0) is 109 Å². The van der Waals surface area contributed by atoms with Crippen molar-refractivity contribution in [1.82, 2.24) is 48.2 Å². The summed E-state index contributed by atoms with van der Waals surface area (Å²) >= 11 is 0. The zero-order chi connectivity index (χ0) is 69.2. The van der Waals surface area contributed by atoms with Gasteiger partial charge in [0.1, 0.15) is 0 Å². The van der Waals surface area contributed by atoms with E-state index >= 15 is 0 Å². The number of fused-ring (bicyclic) bond motifs is 13. The Bertz CT molecular complexity index is 6730. The normalized spacial score (nSPS) is 11.3. The number of nitriles is 2. The van der Waals surface area contributed by atoms with Crippen molar-refractivity contribution in [3.05, 3.63) is 351 Å². The lowest BCUT2D eigenvalue weighted by Gasteiger charge is -2.13. The number of hydrogen-bond donors (Lipinski definition) is 0. The van der Waals surface area contributed by atoms with Crippen molar-refractivity contribution in [2.24, 2.45) is 0 Å². The number of hydrogen-bond acceptors (Lipinski definition) is 8. The number of nitrogens with zero attached hydrogens (tertiary/aromatic N) is 12.